The van der Waals surface area contributed by atoms with Crippen LogP contribution in [0.1, 0.15) is 5.69 Å². The van der Waals surface area contributed by atoms with Gasteiger partial charge in [-0.1, -0.05) is 11.6 Å². The highest BCUT2D eigenvalue weighted by Gasteiger charge is 2.09. The zero-order valence-electron chi connectivity index (χ0n) is 13.8. The Labute approximate surface area is 159 Å². The summed E-state index contributed by atoms with van der Waals surface area (Å²) in [6, 6.07) is 15.2. The molecule has 0 spiro atoms. The second-order valence-electron chi connectivity index (χ2n) is 5.52. The van der Waals surface area contributed by atoms with Crippen LogP contribution in [0.4, 0.5) is 0 Å². The molecule has 0 radical (unpaired) electrons. The van der Waals surface area contributed by atoms with Crippen LogP contribution in [0.25, 0.3) is 22.0 Å². The van der Waals surface area contributed by atoms with E-state index in [1.165, 1.54) is 4.80 Å². The van der Waals surface area contributed by atoms with E-state index in [1.54, 1.807) is 30.6 Å². The van der Waals surface area contributed by atoms with Crippen molar-refractivity contribution in [1.29, 1.82) is 0 Å². The lowest BCUT2D eigenvalue weighted by molar-refractivity contribution is 0.415. The number of hydrogen-bond acceptors (Lipinski definition) is 6. The van der Waals surface area contributed by atoms with Crippen molar-refractivity contribution in [1.82, 2.24) is 25.2 Å². The van der Waals surface area contributed by atoms with E-state index in [2.05, 4.69) is 20.4 Å². The van der Waals surface area contributed by atoms with E-state index < -0.39 is 0 Å². The number of ether oxygens (including phenoxy) is 1. The highest BCUT2D eigenvalue weighted by atomic mass is 35.5. The molecule has 2 heterocycles. The smallest absolute Gasteiger partial charge is 0.204 e. The summed E-state index contributed by atoms with van der Waals surface area (Å²) < 4.78 is 5.18. The average Bonchev–Trinajstić information content (AvgIpc) is 3.33. The third kappa shape index (κ3) is 3.58. The van der Waals surface area contributed by atoms with E-state index in [0.29, 0.717) is 17.4 Å². The lowest BCUT2D eigenvalue weighted by atomic mass is 10.2. The Bertz CT molecular complexity index is 1010. The first-order valence-corrected chi connectivity index (χ1v) is 9.09. The van der Waals surface area contributed by atoms with Gasteiger partial charge in [0.05, 0.1) is 12.8 Å². The summed E-state index contributed by atoms with van der Waals surface area (Å²) in [6.07, 6.45) is 0. The lowest BCUT2D eigenvalue weighted by Crippen LogP contribution is -2.04. The fourth-order valence-electron chi connectivity index (χ4n) is 2.42. The van der Waals surface area contributed by atoms with Gasteiger partial charge in [-0.25, -0.2) is 4.98 Å². The van der Waals surface area contributed by atoms with Crippen molar-refractivity contribution in [3.05, 3.63) is 64.6 Å². The number of thiazole rings is 1. The number of hydrogen-bond donors (Lipinski definition) is 0. The van der Waals surface area contributed by atoms with Gasteiger partial charge in [-0.2, -0.15) is 4.80 Å². The topological polar surface area (TPSA) is 65.7 Å². The SMILES string of the molecule is COc1ccc(-c2nc(Cn3nnc(-c4ccc(Cl)cc4)n3)cs2)cc1. The maximum atomic E-state index is 5.91. The molecule has 0 aliphatic heterocycles. The second-order valence-corrected chi connectivity index (χ2v) is 6.82. The van der Waals surface area contributed by atoms with Gasteiger partial charge in [0.25, 0.3) is 0 Å². The summed E-state index contributed by atoms with van der Waals surface area (Å²) in [4.78, 5) is 6.20. The van der Waals surface area contributed by atoms with Gasteiger partial charge in [0.1, 0.15) is 17.3 Å². The summed E-state index contributed by atoms with van der Waals surface area (Å²) in [5.74, 6) is 1.39. The zero-order valence-corrected chi connectivity index (χ0v) is 15.4. The van der Waals surface area contributed by atoms with Crippen molar-refractivity contribution >= 4 is 22.9 Å². The largest absolute Gasteiger partial charge is 0.497 e. The van der Waals surface area contributed by atoms with Gasteiger partial charge in [-0.3, -0.25) is 0 Å². The number of halogens is 1. The van der Waals surface area contributed by atoms with Crippen LogP contribution in [0.5, 0.6) is 5.75 Å². The normalized spacial score (nSPS) is 10.8. The van der Waals surface area contributed by atoms with Gasteiger partial charge < -0.3 is 4.74 Å². The van der Waals surface area contributed by atoms with Crippen LogP contribution >= 0.6 is 22.9 Å². The molecule has 0 aliphatic rings. The summed E-state index contributed by atoms with van der Waals surface area (Å²) in [5.41, 5.74) is 2.81. The molecule has 4 aromatic rings. The molecule has 0 unspecified atom stereocenters. The van der Waals surface area contributed by atoms with Crippen LogP contribution in [0, 0.1) is 0 Å². The molecule has 2 aromatic carbocycles. The minimum atomic E-state index is 0.466. The predicted molar refractivity (Wildman–Crippen MR) is 101 cm³/mol. The molecule has 0 amide bonds. The molecule has 130 valence electrons. The molecule has 0 saturated carbocycles. The molecule has 26 heavy (non-hydrogen) atoms. The first-order chi connectivity index (χ1) is 12.7. The zero-order chi connectivity index (χ0) is 17.9. The molecule has 2 aromatic heterocycles. The molecule has 8 heteroatoms. The first kappa shape index (κ1) is 16.7. The van der Waals surface area contributed by atoms with E-state index >= 15 is 0 Å². The van der Waals surface area contributed by atoms with E-state index in [0.717, 1.165) is 27.6 Å². The summed E-state index contributed by atoms with van der Waals surface area (Å²) in [7, 11) is 1.65. The maximum Gasteiger partial charge on any atom is 0.204 e. The van der Waals surface area contributed by atoms with E-state index in [4.69, 9.17) is 16.3 Å². The molecule has 0 aliphatic carbocycles. The molecule has 0 N–H and O–H groups in total. The standard InChI is InChI=1S/C18H14ClN5OS/c1-25-16-8-4-13(5-9-16)18-20-15(11-26-18)10-24-22-17(21-23-24)12-2-6-14(19)7-3-12/h2-9,11H,10H2,1H3. The molecular weight excluding hydrogens is 370 g/mol. The third-order valence-electron chi connectivity index (χ3n) is 3.75. The van der Waals surface area contributed by atoms with Crippen molar-refractivity contribution in [3.63, 3.8) is 0 Å². The van der Waals surface area contributed by atoms with Crippen LogP contribution in [0.15, 0.2) is 53.9 Å². The Kier molecular flexibility index (Phi) is 4.64. The minimum Gasteiger partial charge on any atom is -0.497 e. The fourth-order valence-corrected chi connectivity index (χ4v) is 3.36. The van der Waals surface area contributed by atoms with Crippen LogP contribution in [0.2, 0.25) is 5.02 Å². The van der Waals surface area contributed by atoms with Gasteiger partial charge in [0.15, 0.2) is 0 Å². The predicted octanol–water partition coefficient (Wildman–Crippen LogP) is 4.17. The maximum absolute atomic E-state index is 5.91. The van der Waals surface area contributed by atoms with Crippen LogP contribution in [0.3, 0.4) is 0 Å². The molecule has 0 atom stereocenters. The molecule has 0 bridgehead atoms. The number of nitrogens with zero attached hydrogens (tertiary/aromatic N) is 5. The average molecular weight is 384 g/mol. The summed E-state index contributed by atoms with van der Waals surface area (Å²) >= 11 is 7.49. The Morgan fingerprint density at radius 3 is 2.50 bits per heavy atom. The van der Waals surface area contributed by atoms with Crippen molar-refractivity contribution < 1.29 is 4.74 Å². The number of rotatable bonds is 5. The summed E-state index contributed by atoms with van der Waals surface area (Å²) in [6.45, 7) is 0.466. The highest BCUT2D eigenvalue weighted by Crippen LogP contribution is 2.26. The number of methoxy groups -OCH3 is 1. The van der Waals surface area contributed by atoms with Gasteiger partial charge in [-0.15, -0.1) is 21.5 Å². The van der Waals surface area contributed by atoms with Gasteiger partial charge in [0.2, 0.25) is 5.82 Å². The van der Waals surface area contributed by atoms with Crippen molar-refractivity contribution in [2.45, 2.75) is 6.54 Å². The molecule has 0 saturated heterocycles. The Morgan fingerprint density at radius 2 is 1.77 bits per heavy atom. The first-order valence-electron chi connectivity index (χ1n) is 7.84. The minimum absolute atomic E-state index is 0.466. The Balaban J connectivity index is 1.49. The molecule has 0 fully saturated rings. The van der Waals surface area contributed by atoms with Gasteiger partial charge in [-0.05, 0) is 53.7 Å². The van der Waals surface area contributed by atoms with Crippen LogP contribution < -0.4 is 4.74 Å². The highest BCUT2D eigenvalue weighted by molar-refractivity contribution is 7.13. The lowest BCUT2D eigenvalue weighted by Gasteiger charge is -2.00. The third-order valence-corrected chi connectivity index (χ3v) is 4.94. The summed E-state index contributed by atoms with van der Waals surface area (Å²) in [5, 5.41) is 16.2. The molecule has 6 nitrogen and oxygen atoms in total. The van der Waals surface area contributed by atoms with Crippen molar-refractivity contribution in [2.24, 2.45) is 0 Å². The van der Waals surface area contributed by atoms with E-state index in [-0.39, 0.29) is 0 Å². The quantitative estimate of drug-likeness (QED) is 0.517. The number of benzene rings is 2. The van der Waals surface area contributed by atoms with Crippen LogP contribution in [-0.4, -0.2) is 32.3 Å². The molecule has 4 rings (SSSR count). The monoisotopic (exact) mass is 383 g/mol. The Hall–Kier alpha value is -2.77. The fraction of sp³-hybridized carbons (Fsp3) is 0.111. The van der Waals surface area contributed by atoms with E-state index in [9.17, 15) is 0 Å². The van der Waals surface area contributed by atoms with Gasteiger partial charge >= 0.3 is 0 Å². The van der Waals surface area contributed by atoms with Crippen molar-refractivity contribution in [3.8, 4) is 27.7 Å². The Morgan fingerprint density at radius 1 is 1.04 bits per heavy atom. The number of aromatic nitrogens is 5. The van der Waals surface area contributed by atoms with Crippen molar-refractivity contribution in [2.75, 3.05) is 7.11 Å². The molecular formula is C18H14ClN5OS. The van der Waals surface area contributed by atoms with E-state index in [1.807, 2.05) is 41.8 Å². The van der Waals surface area contributed by atoms with Gasteiger partial charge in [0, 0.05) is 21.5 Å². The van der Waals surface area contributed by atoms with Crippen LogP contribution in [-0.2, 0) is 6.54 Å². The number of tetrazole rings is 1. The second kappa shape index (κ2) is 7.23.